The van der Waals surface area contributed by atoms with Crippen LogP contribution in [0.4, 0.5) is 0 Å². The van der Waals surface area contributed by atoms with Crippen LogP contribution in [-0.2, 0) is 16.6 Å². The Hall–Kier alpha value is -0.850. The molecule has 1 aromatic heterocycles. The standard InChI is InChI=1S/C14H25N3O2S/c1-5-16(4)20(18,19)14-8-13(9-15-12-6-7-12)17(10-14)11(2)3/h8,10-12,15H,5-7,9H2,1-4H3. The SMILES string of the molecule is CCN(C)S(=O)(=O)c1cc(CNC2CC2)n(C(C)C)c1. The summed E-state index contributed by atoms with van der Waals surface area (Å²) in [5, 5.41) is 3.45. The van der Waals surface area contributed by atoms with Gasteiger partial charge in [-0.05, 0) is 32.8 Å². The number of rotatable bonds is 7. The minimum atomic E-state index is -3.36. The van der Waals surface area contributed by atoms with Crippen LogP contribution in [0.5, 0.6) is 0 Å². The second-order valence-electron chi connectivity index (χ2n) is 5.74. The zero-order valence-corrected chi connectivity index (χ0v) is 13.6. The van der Waals surface area contributed by atoms with Crippen molar-refractivity contribution in [3.05, 3.63) is 18.0 Å². The zero-order valence-electron chi connectivity index (χ0n) is 12.8. The fourth-order valence-corrected chi connectivity index (χ4v) is 3.38. The van der Waals surface area contributed by atoms with Crippen LogP contribution in [0.25, 0.3) is 0 Å². The van der Waals surface area contributed by atoms with Crippen LogP contribution in [-0.4, -0.2) is 36.9 Å². The van der Waals surface area contributed by atoms with E-state index in [9.17, 15) is 8.42 Å². The summed E-state index contributed by atoms with van der Waals surface area (Å²) < 4.78 is 28.2. The first-order valence-electron chi connectivity index (χ1n) is 7.26. The van der Waals surface area contributed by atoms with Gasteiger partial charge in [-0.15, -0.1) is 0 Å². The van der Waals surface area contributed by atoms with Crippen LogP contribution in [0.3, 0.4) is 0 Å². The third-order valence-electron chi connectivity index (χ3n) is 3.77. The van der Waals surface area contributed by atoms with Crippen LogP contribution in [0.1, 0.15) is 45.3 Å². The van der Waals surface area contributed by atoms with E-state index in [0.29, 0.717) is 17.5 Å². The van der Waals surface area contributed by atoms with E-state index in [1.54, 1.807) is 19.3 Å². The summed E-state index contributed by atoms with van der Waals surface area (Å²) in [5.74, 6) is 0. The Kier molecular flexibility index (Phi) is 4.56. The van der Waals surface area contributed by atoms with Crippen LogP contribution < -0.4 is 5.32 Å². The molecule has 1 saturated carbocycles. The third-order valence-corrected chi connectivity index (χ3v) is 5.66. The smallest absolute Gasteiger partial charge is 0.244 e. The van der Waals surface area contributed by atoms with Gasteiger partial charge < -0.3 is 9.88 Å². The maximum Gasteiger partial charge on any atom is 0.244 e. The van der Waals surface area contributed by atoms with E-state index in [1.807, 2.05) is 11.5 Å². The van der Waals surface area contributed by atoms with Crippen molar-refractivity contribution in [1.29, 1.82) is 0 Å². The highest BCUT2D eigenvalue weighted by molar-refractivity contribution is 7.89. The molecular weight excluding hydrogens is 274 g/mol. The summed E-state index contributed by atoms with van der Waals surface area (Å²) >= 11 is 0. The van der Waals surface area contributed by atoms with Gasteiger partial charge in [-0.3, -0.25) is 0 Å². The van der Waals surface area contributed by atoms with Gasteiger partial charge in [0.05, 0.1) is 0 Å². The summed E-state index contributed by atoms with van der Waals surface area (Å²) in [6.07, 6.45) is 4.22. The van der Waals surface area contributed by atoms with Gasteiger partial charge in [0.2, 0.25) is 10.0 Å². The highest BCUT2D eigenvalue weighted by Gasteiger charge is 2.25. The Balaban J connectivity index is 2.27. The monoisotopic (exact) mass is 299 g/mol. The molecule has 0 unspecified atom stereocenters. The minimum absolute atomic E-state index is 0.252. The second kappa shape index (κ2) is 5.87. The maximum absolute atomic E-state index is 12.4. The summed E-state index contributed by atoms with van der Waals surface area (Å²) in [5.41, 5.74) is 1.04. The van der Waals surface area contributed by atoms with Crippen molar-refractivity contribution in [2.45, 2.75) is 57.1 Å². The minimum Gasteiger partial charge on any atom is -0.346 e. The van der Waals surface area contributed by atoms with E-state index in [1.165, 1.54) is 17.1 Å². The van der Waals surface area contributed by atoms with E-state index in [4.69, 9.17) is 0 Å². The number of nitrogens with one attached hydrogen (secondary N) is 1. The van der Waals surface area contributed by atoms with Crippen molar-refractivity contribution < 1.29 is 8.42 Å². The molecule has 5 nitrogen and oxygen atoms in total. The molecule has 1 aliphatic rings. The van der Waals surface area contributed by atoms with Crippen LogP contribution in [0.2, 0.25) is 0 Å². The lowest BCUT2D eigenvalue weighted by Gasteiger charge is -2.14. The van der Waals surface area contributed by atoms with Gasteiger partial charge in [-0.1, -0.05) is 6.92 Å². The topological polar surface area (TPSA) is 54.3 Å². The molecule has 1 heterocycles. The van der Waals surface area contributed by atoms with Gasteiger partial charge >= 0.3 is 0 Å². The Morgan fingerprint density at radius 2 is 2.10 bits per heavy atom. The molecule has 0 spiro atoms. The molecule has 1 fully saturated rings. The summed E-state index contributed by atoms with van der Waals surface area (Å²) in [7, 11) is -1.75. The number of sulfonamides is 1. The predicted molar refractivity (Wildman–Crippen MR) is 80.2 cm³/mol. The lowest BCUT2D eigenvalue weighted by molar-refractivity contribution is 0.485. The molecule has 0 saturated heterocycles. The fraction of sp³-hybridized carbons (Fsp3) is 0.714. The molecule has 0 aromatic carbocycles. The predicted octanol–water partition coefficient (Wildman–Crippen LogP) is 1.96. The molecule has 1 aliphatic carbocycles. The fourth-order valence-electron chi connectivity index (χ4n) is 2.15. The summed E-state index contributed by atoms with van der Waals surface area (Å²) in [6.45, 7) is 7.19. The highest BCUT2D eigenvalue weighted by atomic mass is 32.2. The zero-order chi connectivity index (χ0) is 14.9. The van der Waals surface area contributed by atoms with E-state index in [-0.39, 0.29) is 6.04 Å². The molecule has 114 valence electrons. The van der Waals surface area contributed by atoms with Gasteiger partial charge in [0.25, 0.3) is 0 Å². The lowest BCUT2D eigenvalue weighted by atomic mass is 10.3. The van der Waals surface area contributed by atoms with Crippen molar-refractivity contribution in [3.63, 3.8) is 0 Å². The Morgan fingerprint density at radius 1 is 1.45 bits per heavy atom. The molecule has 0 bridgehead atoms. The molecule has 1 aromatic rings. The first-order valence-corrected chi connectivity index (χ1v) is 8.70. The molecule has 0 atom stereocenters. The van der Waals surface area contributed by atoms with Gasteiger partial charge in [0.1, 0.15) is 4.90 Å². The highest BCUT2D eigenvalue weighted by Crippen LogP contribution is 2.23. The largest absolute Gasteiger partial charge is 0.346 e. The van der Waals surface area contributed by atoms with E-state index in [0.717, 1.165) is 12.2 Å². The lowest BCUT2D eigenvalue weighted by Crippen LogP contribution is -2.26. The van der Waals surface area contributed by atoms with Crippen LogP contribution in [0, 0.1) is 0 Å². The molecule has 0 aliphatic heterocycles. The molecule has 0 radical (unpaired) electrons. The van der Waals surface area contributed by atoms with Gasteiger partial charge in [-0.2, -0.15) is 0 Å². The average molecular weight is 299 g/mol. The number of aromatic nitrogens is 1. The van der Waals surface area contributed by atoms with E-state index >= 15 is 0 Å². The molecule has 6 heteroatoms. The summed E-state index contributed by atoms with van der Waals surface area (Å²) in [4.78, 5) is 0.392. The molecular formula is C14H25N3O2S. The number of nitrogens with zero attached hydrogens (tertiary/aromatic N) is 2. The van der Waals surface area contributed by atoms with Crippen molar-refractivity contribution in [2.24, 2.45) is 0 Å². The maximum atomic E-state index is 12.4. The van der Waals surface area contributed by atoms with Crippen molar-refractivity contribution in [3.8, 4) is 0 Å². The van der Waals surface area contributed by atoms with Gasteiger partial charge in [0, 0.05) is 44.1 Å². The first-order chi connectivity index (χ1) is 9.36. The quantitative estimate of drug-likeness (QED) is 0.837. The third kappa shape index (κ3) is 3.24. The Morgan fingerprint density at radius 3 is 2.60 bits per heavy atom. The normalized spacial score (nSPS) is 16.3. The van der Waals surface area contributed by atoms with Crippen LogP contribution in [0.15, 0.2) is 17.2 Å². The number of hydrogen-bond donors (Lipinski definition) is 1. The van der Waals surface area contributed by atoms with E-state index in [2.05, 4.69) is 19.2 Å². The van der Waals surface area contributed by atoms with Crippen molar-refractivity contribution >= 4 is 10.0 Å². The number of hydrogen-bond acceptors (Lipinski definition) is 3. The van der Waals surface area contributed by atoms with Gasteiger partial charge in [-0.25, -0.2) is 12.7 Å². The van der Waals surface area contributed by atoms with Gasteiger partial charge in [0.15, 0.2) is 0 Å². The molecule has 20 heavy (non-hydrogen) atoms. The van der Waals surface area contributed by atoms with Crippen molar-refractivity contribution in [2.75, 3.05) is 13.6 Å². The average Bonchev–Trinajstić information content (AvgIpc) is 3.12. The molecule has 2 rings (SSSR count). The second-order valence-corrected chi connectivity index (χ2v) is 7.79. The molecule has 1 N–H and O–H groups in total. The van der Waals surface area contributed by atoms with Crippen LogP contribution >= 0.6 is 0 Å². The first kappa shape index (κ1) is 15.5. The van der Waals surface area contributed by atoms with E-state index < -0.39 is 10.0 Å². The Labute approximate surface area is 122 Å². The Bertz CT molecular complexity index is 559. The van der Waals surface area contributed by atoms with Crippen molar-refractivity contribution in [1.82, 2.24) is 14.2 Å². The molecule has 0 amide bonds. The summed E-state index contributed by atoms with van der Waals surface area (Å²) in [6, 6.07) is 2.67.